The molecule has 1 amide bonds. The predicted octanol–water partition coefficient (Wildman–Crippen LogP) is 6.21. The van der Waals surface area contributed by atoms with Crippen molar-refractivity contribution in [2.75, 3.05) is 38.1 Å². The van der Waals surface area contributed by atoms with E-state index >= 15 is 0 Å². The lowest BCUT2D eigenvalue weighted by molar-refractivity contribution is -0.388. The average Bonchev–Trinajstić information content (AvgIpc) is 3.33. The fraction of sp³-hybridized carbons (Fsp3) is 0.464. The van der Waals surface area contributed by atoms with Crippen molar-refractivity contribution in [1.82, 2.24) is 9.80 Å². The highest BCUT2D eigenvalue weighted by Crippen LogP contribution is 2.38. The number of carbonyl (C=O) groups is 1. The van der Waals surface area contributed by atoms with Gasteiger partial charge in [0.05, 0.1) is 17.6 Å². The van der Waals surface area contributed by atoms with E-state index in [1.165, 1.54) is 6.07 Å². The number of alkyl halides is 3. The molecule has 3 aromatic rings. The van der Waals surface area contributed by atoms with Gasteiger partial charge in [0.15, 0.2) is 0 Å². The fourth-order valence-electron chi connectivity index (χ4n) is 5.42. The number of hydrogen-bond acceptors (Lipinski definition) is 7. The Morgan fingerprint density at radius 3 is 2.49 bits per heavy atom. The van der Waals surface area contributed by atoms with Gasteiger partial charge in [0.1, 0.15) is 23.5 Å². The van der Waals surface area contributed by atoms with Gasteiger partial charge in [-0.25, -0.2) is 0 Å². The number of rotatable bonds is 8. The van der Waals surface area contributed by atoms with Crippen molar-refractivity contribution in [1.29, 1.82) is 0 Å². The molecule has 0 spiro atoms. The van der Waals surface area contributed by atoms with Gasteiger partial charge in [0.25, 0.3) is 5.69 Å². The predicted molar refractivity (Wildman–Crippen MR) is 149 cm³/mol. The number of nitrogens with zero attached hydrogens (tertiary/aromatic N) is 3. The van der Waals surface area contributed by atoms with Crippen LogP contribution >= 0.6 is 15.9 Å². The minimum absolute atomic E-state index is 0.00148. The minimum atomic E-state index is -4.82. The zero-order chi connectivity index (χ0) is 29.1. The monoisotopic (exact) mass is 638 g/mol. The van der Waals surface area contributed by atoms with Gasteiger partial charge in [-0.2, -0.15) is 13.2 Å². The van der Waals surface area contributed by atoms with Crippen molar-refractivity contribution < 1.29 is 32.0 Å². The Labute approximate surface area is 242 Å². The lowest BCUT2D eigenvalue weighted by Crippen LogP contribution is -2.49. The van der Waals surface area contributed by atoms with Crippen molar-refractivity contribution >= 4 is 44.2 Å². The molecular formula is C28H30BrF3N4O5. The Kier molecular flexibility index (Phi) is 8.85. The van der Waals surface area contributed by atoms with E-state index in [2.05, 4.69) is 26.1 Å². The molecule has 1 aliphatic heterocycles. The number of nitrogens with one attached hydrogen (secondary N) is 1. The summed E-state index contributed by atoms with van der Waals surface area (Å²) in [7, 11) is 0. The minimum Gasteiger partial charge on any atom is -0.460 e. The number of halogens is 4. The van der Waals surface area contributed by atoms with E-state index in [4.69, 9.17) is 9.15 Å². The molecule has 2 aliphatic rings. The molecule has 2 heterocycles. The molecule has 1 aromatic heterocycles. The van der Waals surface area contributed by atoms with E-state index in [0.717, 1.165) is 46.4 Å². The maximum Gasteiger partial charge on any atom is 0.423 e. The molecule has 220 valence electrons. The highest BCUT2D eigenvalue weighted by atomic mass is 79.9. The number of furan rings is 1. The summed E-state index contributed by atoms with van der Waals surface area (Å²) in [6, 6.07) is 10.8. The molecule has 1 saturated carbocycles. The Balaban J connectivity index is 1.03. The first-order valence-corrected chi connectivity index (χ1v) is 14.3. The summed E-state index contributed by atoms with van der Waals surface area (Å²) in [6.45, 7) is 3.38. The number of anilines is 1. The van der Waals surface area contributed by atoms with E-state index in [1.54, 1.807) is 0 Å². The summed E-state index contributed by atoms with van der Waals surface area (Å²) in [6.07, 6.45) is -2.31. The number of piperazine rings is 1. The molecule has 2 aromatic carbocycles. The van der Waals surface area contributed by atoms with Gasteiger partial charge in [0, 0.05) is 53.8 Å². The number of benzene rings is 2. The van der Waals surface area contributed by atoms with Crippen LogP contribution in [0.25, 0.3) is 11.0 Å². The summed E-state index contributed by atoms with van der Waals surface area (Å²) >= 11 is 3.47. The number of fused-ring (bicyclic) bond motifs is 1. The number of amides is 1. The Hall–Kier alpha value is -3.16. The second-order valence-corrected chi connectivity index (χ2v) is 11.4. The largest absolute Gasteiger partial charge is 0.460 e. The summed E-state index contributed by atoms with van der Waals surface area (Å²) in [4.78, 5) is 26.8. The van der Waals surface area contributed by atoms with Crippen LogP contribution in [0.15, 0.2) is 51.4 Å². The fourth-order valence-corrected chi connectivity index (χ4v) is 5.80. The summed E-state index contributed by atoms with van der Waals surface area (Å²) in [5.74, 6) is 0.838. The summed E-state index contributed by atoms with van der Waals surface area (Å²) in [5, 5.41) is 15.1. The van der Waals surface area contributed by atoms with Crippen LogP contribution in [0, 0.1) is 10.1 Å². The van der Waals surface area contributed by atoms with Gasteiger partial charge in [-0.1, -0.05) is 15.9 Å². The standard InChI is InChI=1S/C28H30BrF3N4O5/c29-19-1-8-26-18(13-19)14-23(41-26)16-34-9-11-35(12-10-34)27(37)17-40-22-5-2-20(3-6-22)33-21-4-7-25(36(38)39)24(15-21)28(30,31)32/h1,4,7-8,13-15,20,22,33H,2-3,5-6,9-12,16-17H2. The van der Waals surface area contributed by atoms with E-state index in [-0.39, 0.29) is 30.3 Å². The molecule has 1 aliphatic carbocycles. The Bertz CT molecular complexity index is 1400. The molecule has 13 heteroatoms. The number of nitro benzene ring substituents is 1. The van der Waals surface area contributed by atoms with E-state index < -0.39 is 22.4 Å². The van der Waals surface area contributed by atoms with E-state index in [1.807, 2.05) is 29.2 Å². The summed E-state index contributed by atoms with van der Waals surface area (Å²) in [5.41, 5.74) is -1.20. The highest BCUT2D eigenvalue weighted by molar-refractivity contribution is 9.10. The molecular weight excluding hydrogens is 609 g/mol. The molecule has 0 radical (unpaired) electrons. The van der Waals surface area contributed by atoms with Gasteiger partial charge >= 0.3 is 6.18 Å². The van der Waals surface area contributed by atoms with Crippen molar-refractivity contribution in [2.24, 2.45) is 0 Å². The van der Waals surface area contributed by atoms with Crippen LogP contribution in [0.5, 0.6) is 0 Å². The number of carbonyl (C=O) groups excluding carboxylic acids is 1. The van der Waals surface area contributed by atoms with Crippen LogP contribution in [-0.2, 0) is 22.3 Å². The van der Waals surface area contributed by atoms with Crippen LogP contribution in [0.2, 0.25) is 0 Å². The molecule has 2 fully saturated rings. The first-order valence-electron chi connectivity index (χ1n) is 13.5. The highest BCUT2D eigenvalue weighted by Gasteiger charge is 2.38. The van der Waals surface area contributed by atoms with E-state index in [9.17, 15) is 28.1 Å². The molecule has 1 saturated heterocycles. The van der Waals surface area contributed by atoms with Crippen LogP contribution < -0.4 is 5.32 Å². The number of hydrogen-bond donors (Lipinski definition) is 1. The van der Waals surface area contributed by atoms with Crippen LogP contribution in [-0.4, -0.2) is 65.6 Å². The topological polar surface area (TPSA) is 101 Å². The maximum atomic E-state index is 13.3. The third-order valence-corrected chi connectivity index (χ3v) is 8.11. The van der Waals surface area contributed by atoms with Gasteiger partial charge in [-0.3, -0.25) is 19.8 Å². The van der Waals surface area contributed by atoms with Crippen molar-refractivity contribution in [2.45, 2.75) is 50.6 Å². The van der Waals surface area contributed by atoms with Gasteiger partial charge < -0.3 is 19.4 Å². The normalized spacial score (nSPS) is 20.3. The van der Waals surface area contributed by atoms with E-state index in [0.29, 0.717) is 45.3 Å². The third kappa shape index (κ3) is 7.38. The van der Waals surface area contributed by atoms with Crippen LogP contribution in [0.4, 0.5) is 24.5 Å². The van der Waals surface area contributed by atoms with Crippen molar-refractivity contribution in [3.8, 4) is 0 Å². The van der Waals surface area contributed by atoms with Crippen molar-refractivity contribution in [3.63, 3.8) is 0 Å². The average molecular weight is 639 g/mol. The van der Waals surface area contributed by atoms with Crippen molar-refractivity contribution in [3.05, 3.63) is 68.4 Å². The SMILES string of the molecule is O=C(COC1CCC(Nc2ccc([N+](=O)[O-])c(C(F)(F)F)c2)CC1)N1CCN(Cc2cc3cc(Br)ccc3o2)CC1. The zero-order valence-corrected chi connectivity index (χ0v) is 23.7. The molecule has 0 atom stereocenters. The second kappa shape index (κ2) is 12.4. The molecule has 5 rings (SSSR count). The molecule has 1 N–H and O–H groups in total. The smallest absolute Gasteiger partial charge is 0.423 e. The lowest BCUT2D eigenvalue weighted by Gasteiger charge is -2.35. The lowest BCUT2D eigenvalue weighted by atomic mass is 9.92. The summed E-state index contributed by atoms with van der Waals surface area (Å²) < 4.78 is 52.6. The Morgan fingerprint density at radius 1 is 1.07 bits per heavy atom. The molecule has 9 nitrogen and oxygen atoms in total. The molecule has 0 unspecified atom stereocenters. The zero-order valence-electron chi connectivity index (χ0n) is 22.2. The Morgan fingerprint density at radius 2 is 1.80 bits per heavy atom. The second-order valence-electron chi connectivity index (χ2n) is 10.5. The first kappa shape index (κ1) is 29.3. The maximum absolute atomic E-state index is 13.3. The van der Waals surface area contributed by atoms with Gasteiger partial charge in [-0.05, 0) is 62.1 Å². The quantitative estimate of drug-likeness (QED) is 0.231. The molecule has 0 bridgehead atoms. The molecule has 41 heavy (non-hydrogen) atoms. The van der Waals surface area contributed by atoms with Gasteiger partial charge in [-0.15, -0.1) is 0 Å². The van der Waals surface area contributed by atoms with Crippen LogP contribution in [0.3, 0.4) is 0 Å². The van der Waals surface area contributed by atoms with Gasteiger partial charge in [0.2, 0.25) is 5.91 Å². The van der Waals surface area contributed by atoms with Crippen LogP contribution in [0.1, 0.15) is 37.0 Å². The third-order valence-electron chi connectivity index (χ3n) is 7.62. The first-order chi connectivity index (χ1) is 19.5. The number of nitro groups is 1. The number of ether oxygens (including phenoxy) is 1.